The highest BCUT2D eigenvalue weighted by Crippen LogP contribution is 1.90. The van der Waals surface area contributed by atoms with Crippen LogP contribution in [0.4, 0.5) is 0 Å². The Labute approximate surface area is 82.8 Å². The summed E-state index contributed by atoms with van der Waals surface area (Å²) < 4.78 is 1.81. The van der Waals surface area contributed by atoms with E-state index in [1.165, 1.54) is 0 Å². The van der Waals surface area contributed by atoms with Crippen molar-refractivity contribution >= 4 is 11.8 Å². The molecule has 0 saturated heterocycles. The Bertz CT molecular complexity index is 330. The van der Waals surface area contributed by atoms with Gasteiger partial charge in [-0.05, 0) is 13.0 Å². The first-order valence-corrected chi connectivity index (χ1v) is 4.08. The molecule has 0 radical (unpaired) electrons. The lowest BCUT2D eigenvalue weighted by Gasteiger charge is -1.91. The highest BCUT2D eigenvalue weighted by molar-refractivity contribution is 5.90. The summed E-state index contributed by atoms with van der Waals surface area (Å²) in [5, 5.41) is 8.89. The lowest BCUT2D eigenvalue weighted by atomic mass is 10.3. The molecule has 0 saturated carbocycles. The maximum Gasteiger partial charge on any atom is 0.248 e. The van der Waals surface area contributed by atoms with Crippen molar-refractivity contribution in [1.82, 2.24) is 0 Å². The Morgan fingerprint density at radius 1 is 1.29 bits per heavy atom. The van der Waals surface area contributed by atoms with Gasteiger partial charge in [0.05, 0.1) is 0 Å². The van der Waals surface area contributed by atoms with Gasteiger partial charge in [0.25, 0.3) is 0 Å². The second kappa shape index (κ2) is 5.85. The van der Waals surface area contributed by atoms with E-state index in [4.69, 9.17) is 9.90 Å². The Balaban J connectivity index is 0.000000364. The average Bonchev–Trinajstić information content (AvgIpc) is 2.03. The van der Waals surface area contributed by atoms with Crippen LogP contribution in [0.5, 0.6) is 0 Å². The summed E-state index contributed by atoms with van der Waals surface area (Å²) in [6.45, 7) is 2.54. The molecule has 0 aliphatic rings. The fourth-order valence-corrected chi connectivity index (χ4v) is 0.889. The number of hydrogen-bond donors (Lipinski definition) is 0. The smallest absolute Gasteiger partial charge is 0.248 e. The molecule has 4 nitrogen and oxygen atoms in total. The van der Waals surface area contributed by atoms with Gasteiger partial charge in [0.1, 0.15) is 7.05 Å². The standard InChI is InChI=1S/C8H10NO.C2H4O2/c1-7(10)8-5-3-4-6-9(8)2;1-2(3)4/h3-6H,1-2H3;1H3,(H,3,4)/q+1;/p-1. The summed E-state index contributed by atoms with van der Waals surface area (Å²) in [6, 6.07) is 5.56. The van der Waals surface area contributed by atoms with Gasteiger partial charge in [0.2, 0.25) is 11.5 Å². The van der Waals surface area contributed by atoms with Crippen LogP contribution in [-0.2, 0) is 11.8 Å². The zero-order valence-corrected chi connectivity index (χ0v) is 8.48. The summed E-state index contributed by atoms with van der Waals surface area (Å²) in [5.74, 6) is -0.983. The van der Waals surface area contributed by atoms with Crippen molar-refractivity contribution in [3.8, 4) is 0 Å². The van der Waals surface area contributed by atoms with Crippen LogP contribution in [-0.4, -0.2) is 11.8 Å². The molecule has 0 fully saturated rings. The largest absolute Gasteiger partial charge is 0.550 e. The number of carboxylic acid groups (broad SMARTS) is 1. The van der Waals surface area contributed by atoms with E-state index < -0.39 is 5.97 Å². The minimum absolute atomic E-state index is 0.100. The van der Waals surface area contributed by atoms with Crippen LogP contribution >= 0.6 is 0 Å². The highest BCUT2D eigenvalue weighted by Gasteiger charge is 2.08. The molecule has 4 heteroatoms. The van der Waals surface area contributed by atoms with Gasteiger partial charge in [-0.1, -0.05) is 0 Å². The maximum atomic E-state index is 10.8. The quantitative estimate of drug-likeness (QED) is 0.447. The zero-order chi connectivity index (χ0) is 11.1. The number of carbonyl (C=O) groups excluding carboxylic acids is 2. The Morgan fingerprint density at radius 2 is 1.79 bits per heavy atom. The molecule has 0 amide bonds. The number of nitrogens with zero attached hydrogens (tertiary/aromatic N) is 1. The number of Topliss-reactive ketones (excluding diaryl/α,β-unsaturated/α-hetero) is 1. The predicted molar refractivity (Wildman–Crippen MR) is 48.3 cm³/mol. The van der Waals surface area contributed by atoms with Crippen molar-refractivity contribution in [3.63, 3.8) is 0 Å². The van der Waals surface area contributed by atoms with Gasteiger partial charge >= 0.3 is 0 Å². The lowest BCUT2D eigenvalue weighted by molar-refractivity contribution is -0.673. The molecule has 0 N–H and O–H groups in total. The van der Waals surface area contributed by atoms with E-state index in [9.17, 15) is 4.79 Å². The molecule has 0 aliphatic heterocycles. The number of carboxylic acids is 1. The predicted octanol–water partition coefficient (Wildman–Crippen LogP) is -0.530. The number of carbonyl (C=O) groups is 2. The van der Waals surface area contributed by atoms with Crippen LogP contribution in [0.1, 0.15) is 24.3 Å². The van der Waals surface area contributed by atoms with Gasteiger partial charge in [-0.3, -0.25) is 4.79 Å². The number of rotatable bonds is 1. The van der Waals surface area contributed by atoms with E-state index in [-0.39, 0.29) is 5.78 Å². The van der Waals surface area contributed by atoms with E-state index in [2.05, 4.69) is 0 Å². The minimum atomic E-state index is -1.08. The molecule has 0 bridgehead atoms. The summed E-state index contributed by atoms with van der Waals surface area (Å²) >= 11 is 0. The first kappa shape index (κ1) is 12.3. The van der Waals surface area contributed by atoms with E-state index >= 15 is 0 Å². The molecule has 0 atom stereocenters. The molecule has 0 spiro atoms. The van der Waals surface area contributed by atoms with Gasteiger partial charge in [-0.2, -0.15) is 4.57 Å². The number of hydrogen-bond acceptors (Lipinski definition) is 3. The van der Waals surface area contributed by atoms with Crippen molar-refractivity contribution < 1.29 is 19.3 Å². The van der Waals surface area contributed by atoms with E-state index in [0.29, 0.717) is 0 Å². The fourth-order valence-electron chi connectivity index (χ4n) is 0.889. The summed E-state index contributed by atoms with van der Waals surface area (Å²) in [6.07, 6.45) is 1.86. The topological polar surface area (TPSA) is 61.1 Å². The van der Waals surface area contributed by atoms with Crippen molar-refractivity contribution in [3.05, 3.63) is 30.1 Å². The minimum Gasteiger partial charge on any atom is -0.550 e. The molecule has 1 rings (SSSR count). The van der Waals surface area contributed by atoms with E-state index in [0.717, 1.165) is 12.6 Å². The third-order valence-corrected chi connectivity index (χ3v) is 1.42. The van der Waals surface area contributed by atoms with Crippen LogP contribution in [0.25, 0.3) is 0 Å². The molecule has 0 unspecified atom stereocenters. The first-order chi connectivity index (χ1) is 6.45. The molecule has 76 valence electrons. The second-order valence-corrected chi connectivity index (χ2v) is 2.74. The van der Waals surface area contributed by atoms with E-state index in [1.807, 2.05) is 36.0 Å². The highest BCUT2D eigenvalue weighted by atomic mass is 16.4. The molecular formula is C10H13NO3. The van der Waals surface area contributed by atoms with Crippen LogP contribution < -0.4 is 9.67 Å². The molecule has 1 heterocycles. The van der Waals surface area contributed by atoms with Gasteiger partial charge in [0, 0.05) is 25.0 Å². The number of pyridine rings is 1. The fraction of sp³-hybridized carbons (Fsp3) is 0.300. The van der Waals surface area contributed by atoms with Crippen LogP contribution in [0, 0.1) is 0 Å². The van der Waals surface area contributed by atoms with Crippen LogP contribution in [0.15, 0.2) is 24.4 Å². The SMILES string of the molecule is CC(=O)[O-].CC(=O)c1cccc[n+]1C. The van der Waals surface area contributed by atoms with Gasteiger partial charge in [0.15, 0.2) is 6.20 Å². The molecule has 1 aromatic heterocycles. The Kier molecular flexibility index (Phi) is 5.14. The Hall–Kier alpha value is -1.71. The number of aliphatic carboxylic acids is 1. The van der Waals surface area contributed by atoms with Crippen LogP contribution in [0.3, 0.4) is 0 Å². The van der Waals surface area contributed by atoms with Crippen LogP contribution in [0.2, 0.25) is 0 Å². The van der Waals surface area contributed by atoms with Gasteiger partial charge in [-0.15, -0.1) is 0 Å². The summed E-state index contributed by atoms with van der Waals surface area (Å²) in [5.41, 5.74) is 0.738. The monoisotopic (exact) mass is 195 g/mol. The van der Waals surface area contributed by atoms with E-state index in [1.54, 1.807) is 6.92 Å². The van der Waals surface area contributed by atoms with Gasteiger partial charge < -0.3 is 9.90 Å². The zero-order valence-electron chi connectivity index (χ0n) is 8.48. The van der Waals surface area contributed by atoms with Crippen molar-refractivity contribution in [2.24, 2.45) is 7.05 Å². The Morgan fingerprint density at radius 3 is 2.07 bits per heavy atom. The third-order valence-electron chi connectivity index (χ3n) is 1.42. The van der Waals surface area contributed by atoms with Gasteiger partial charge in [-0.25, -0.2) is 0 Å². The normalized spacial score (nSPS) is 8.50. The number of aromatic nitrogens is 1. The lowest BCUT2D eigenvalue weighted by Crippen LogP contribution is -2.34. The second-order valence-electron chi connectivity index (χ2n) is 2.74. The van der Waals surface area contributed by atoms with Crippen molar-refractivity contribution in [2.75, 3.05) is 0 Å². The molecule has 0 aliphatic carbocycles. The van der Waals surface area contributed by atoms with Crippen molar-refractivity contribution in [2.45, 2.75) is 13.8 Å². The summed E-state index contributed by atoms with van der Waals surface area (Å²) in [4.78, 5) is 19.7. The first-order valence-electron chi connectivity index (χ1n) is 4.08. The number of ketones is 1. The number of aryl methyl sites for hydroxylation is 1. The summed E-state index contributed by atoms with van der Waals surface area (Å²) in [7, 11) is 1.86. The maximum absolute atomic E-state index is 10.8. The third kappa shape index (κ3) is 5.03. The molecule has 14 heavy (non-hydrogen) atoms. The molecule has 1 aromatic rings. The molecule has 0 aromatic carbocycles. The van der Waals surface area contributed by atoms with Crippen molar-refractivity contribution in [1.29, 1.82) is 0 Å². The average molecular weight is 195 g/mol. The molecular weight excluding hydrogens is 182 g/mol.